The highest BCUT2D eigenvalue weighted by molar-refractivity contribution is 6.06. The van der Waals surface area contributed by atoms with Crippen LogP contribution in [0.2, 0.25) is 0 Å². The van der Waals surface area contributed by atoms with Crippen molar-refractivity contribution in [3.63, 3.8) is 0 Å². The molecule has 0 radical (unpaired) electrons. The fourth-order valence-corrected chi connectivity index (χ4v) is 1.96. The number of ether oxygens (including phenoxy) is 1. The smallest absolute Gasteiger partial charge is 0.338 e. The number of methoxy groups -OCH3 is 1. The monoisotopic (exact) mass is 231 g/mol. The van der Waals surface area contributed by atoms with Gasteiger partial charge in [-0.25, -0.2) is 4.79 Å². The zero-order valence-electron chi connectivity index (χ0n) is 9.02. The molecule has 5 nitrogen and oxygen atoms in total. The van der Waals surface area contributed by atoms with Gasteiger partial charge in [0.25, 0.3) is 0 Å². The molecule has 1 aromatic carbocycles. The molecule has 0 fully saturated rings. The molecule has 17 heavy (non-hydrogen) atoms. The highest BCUT2D eigenvalue weighted by Gasteiger charge is 2.14. The maximum atomic E-state index is 11.3. The third-order valence-corrected chi connectivity index (χ3v) is 2.65. The Hall–Kier alpha value is -2.43. The van der Waals surface area contributed by atoms with E-state index in [0.29, 0.717) is 28.0 Å². The zero-order chi connectivity index (χ0) is 12.0. The van der Waals surface area contributed by atoms with Gasteiger partial charge in [-0.3, -0.25) is 0 Å². The van der Waals surface area contributed by atoms with E-state index in [9.17, 15) is 4.79 Å². The van der Waals surface area contributed by atoms with Crippen molar-refractivity contribution in [1.82, 2.24) is 0 Å². The van der Waals surface area contributed by atoms with Crippen LogP contribution in [0.1, 0.15) is 0 Å². The zero-order valence-corrected chi connectivity index (χ0v) is 9.02. The van der Waals surface area contributed by atoms with Crippen molar-refractivity contribution >= 4 is 27.6 Å². The molecule has 0 aliphatic heterocycles. The maximum absolute atomic E-state index is 11.3. The van der Waals surface area contributed by atoms with E-state index in [0.717, 1.165) is 5.39 Å². The van der Waals surface area contributed by atoms with Crippen molar-refractivity contribution in [3.8, 4) is 5.75 Å². The average molecular weight is 231 g/mol. The molecule has 2 aromatic heterocycles. The van der Waals surface area contributed by atoms with Gasteiger partial charge in [0.1, 0.15) is 16.9 Å². The Bertz CT molecular complexity index is 769. The largest absolute Gasteiger partial charge is 0.495 e. The number of nitrogen functional groups attached to an aromatic ring is 1. The molecule has 0 unspecified atom stereocenters. The molecule has 0 saturated heterocycles. The van der Waals surface area contributed by atoms with E-state index in [1.165, 1.54) is 13.2 Å². The minimum atomic E-state index is -0.497. The summed E-state index contributed by atoms with van der Waals surface area (Å²) in [4.78, 5) is 11.3. The molecule has 0 aliphatic carbocycles. The summed E-state index contributed by atoms with van der Waals surface area (Å²) < 4.78 is 15.7. The highest BCUT2D eigenvalue weighted by atomic mass is 16.5. The van der Waals surface area contributed by atoms with Crippen LogP contribution in [0.15, 0.2) is 38.1 Å². The molecule has 86 valence electrons. The van der Waals surface area contributed by atoms with Crippen molar-refractivity contribution < 1.29 is 13.6 Å². The first kappa shape index (κ1) is 9.77. The molecular formula is C12H9NO4. The Morgan fingerprint density at radius 1 is 1.29 bits per heavy atom. The van der Waals surface area contributed by atoms with Gasteiger partial charge in [0, 0.05) is 12.1 Å². The van der Waals surface area contributed by atoms with Crippen molar-refractivity contribution in [2.24, 2.45) is 0 Å². The molecule has 0 spiro atoms. The van der Waals surface area contributed by atoms with E-state index in [4.69, 9.17) is 19.3 Å². The van der Waals surface area contributed by atoms with Crippen LogP contribution in [0.4, 0.5) is 5.69 Å². The Morgan fingerprint density at radius 2 is 2.12 bits per heavy atom. The first-order valence-corrected chi connectivity index (χ1v) is 4.98. The number of rotatable bonds is 1. The summed E-state index contributed by atoms with van der Waals surface area (Å²) in [6, 6.07) is 4.64. The van der Waals surface area contributed by atoms with Gasteiger partial charge < -0.3 is 19.3 Å². The highest BCUT2D eigenvalue weighted by Crippen LogP contribution is 2.37. The number of hydrogen-bond acceptors (Lipinski definition) is 5. The van der Waals surface area contributed by atoms with E-state index in [-0.39, 0.29) is 0 Å². The molecule has 0 aliphatic rings. The molecule has 3 aromatic rings. The Balaban J connectivity index is 2.63. The number of benzene rings is 1. The quantitative estimate of drug-likeness (QED) is 0.649. The van der Waals surface area contributed by atoms with Crippen LogP contribution in [0.25, 0.3) is 21.9 Å². The van der Waals surface area contributed by atoms with Gasteiger partial charge in [-0.1, -0.05) is 0 Å². The normalized spacial score (nSPS) is 11.1. The van der Waals surface area contributed by atoms with Crippen molar-refractivity contribution in [2.75, 3.05) is 12.8 Å². The molecule has 0 atom stereocenters. The predicted molar refractivity (Wildman–Crippen MR) is 63.2 cm³/mol. The second-order valence-electron chi connectivity index (χ2n) is 3.64. The van der Waals surface area contributed by atoms with E-state index in [1.807, 2.05) is 0 Å². The topological polar surface area (TPSA) is 78.6 Å². The molecule has 0 amide bonds. The maximum Gasteiger partial charge on any atom is 0.338 e. The Labute approximate surface area is 95.4 Å². The average Bonchev–Trinajstić information content (AvgIpc) is 2.73. The van der Waals surface area contributed by atoms with Gasteiger partial charge >= 0.3 is 5.63 Å². The van der Waals surface area contributed by atoms with Crippen LogP contribution in [0.5, 0.6) is 5.75 Å². The summed E-state index contributed by atoms with van der Waals surface area (Å²) in [5, 5.41) is 1.38. The van der Waals surface area contributed by atoms with Gasteiger partial charge in [-0.2, -0.15) is 0 Å². The van der Waals surface area contributed by atoms with E-state index in [1.54, 1.807) is 18.4 Å². The number of anilines is 1. The molecule has 2 heterocycles. The van der Waals surface area contributed by atoms with Crippen molar-refractivity contribution in [1.29, 1.82) is 0 Å². The van der Waals surface area contributed by atoms with Crippen LogP contribution in [-0.4, -0.2) is 7.11 Å². The summed E-state index contributed by atoms with van der Waals surface area (Å²) in [6.07, 6.45) is 1.54. The number of fused-ring (bicyclic) bond motifs is 2. The fourth-order valence-electron chi connectivity index (χ4n) is 1.96. The molecule has 3 rings (SSSR count). The van der Waals surface area contributed by atoms with Gasteiger partial charge in [0.2, 0.25) is 0 Å². The summed E-state index contributed by atoms with van der Waals surface area (Å²) in [5.41, 5.74) is 6.60. The summed E-state index contributed by atoms with van der Waals surface area (Å²) >= 11 is 0. The van der Waals surface area contributed by atoms with E-state index in [2.05, 4.69) is 0 Å². The summed E-state index contributed by atoms with van der Waals surface area (Å²) in [6.45, 7) is 0. The Kier molecular flexibility index (Phi) is 1.89. The van der Waals surface area contributed by atoms with E-state index < -0.39 is 5.63 Å². The van der Waals surface area contributed by atoms with Crippen LogP contribution >= 0.6 is 0 Å². The third-order valence-electron chi connectivity index (χ3n) is 2.65. The van der Waals surface area contributed by atoms with Crippen LogP contribution in [0.3, 0.4) is 0 Å². The lowest BCUT2D eigenvalue weighted by atomic mass is 10.1. The van der Waals surface area contributed by atoms with Crippen LogP contribution < -0.4 is 16.1 Å². The van der Waals surface area contributed by atoms with Gasteiger partial charge in [-0.05, 0) is 6.07 Å². The molecular weight excluding hydrogens is 222 g/mol. The number of hydrogen-bond donors (Lipinski definition) is 1. The lowest BCUT2D eigenvalue weighted by Crippen LogP contribution is -2.01. The van der Waals surface area contributed by atoms with Gasteiger partial charge in [-0.15, -0.1) is 0 Å². The van der Waals surface area contributed by atoms with Gasteiger partial charge in [0.05, 0.1) is 29.8 Å². The Morgan fingerprint density at radius 3 is 2.88 bits per heavy atom. The van der Waals surface area contributed by atoms with Crippen LogP contribution in [-0.2, 0) is 0 Å². The van der Waals surface area contributed by atoms with Gasteiger partial charge in [0.15, 0.2) is 0 Å². The van der Waals surface area contributed by atoms with Crippen molar-refractivity contribution in [2.45, 2.75) is 0 Å². The molecule has 5 heteroatoms. The molecule has 2 N–H and O–H groups in total. The third kappa shape index (κ3) is 1.29. The predicted octanol–water partition coefficient (Wildman–Crippen LogP) is 2.13. The van der Waals surface area contributed by atoms with Crippen molar-refractivity contribution in [3.05, 3.63) is 34.9 Å². The SMILES string of the molecule is COc1c2ccoc2cc2oc(=O)cc(N)c12. The number of nitrogens with two attached hydrogens (primary N) is 1. The summed E-state index contributed by atoms with van der Waals surface area (Å²) in [7, 11) is 1.53. The minimum Gasteiger partial charge on any atom is -0.495 e. The lowest BCUT2D eigenvalue weighted by Gasteiger charge is -2.07. The second kappa shape index (κ2) is 3.28. The number of furan rings is 1. The van der Waals surface area contributed by atoms with E-state index >= 15 is 0 Å². The lowest BCUT2D eigenvalue weighted by molar-refractivity contribution is 0.423. The first-order valence-electron chi connectivity index (χ1n) is 4.98. The molecule has 0 saturated carbocycles. The minimum absolute atomic E-state index is 0.330. The van der Waals surface area contributed by atoms with Crippen LogP contribution in [0, 0.1) is 0 Å². The summed E-state index contributed by atoms with van der Waals surface area (Å²) in [5.74, 6) is 0.549. The standard InChI is InChI=1S/C12H9NO4/c1-15-12-6-2-3-16-8(6)5-9-11(12)7(13)4-10(14)17-9/h2-5H,13H2,1H3. The first-order chi connectivity index (χ1) is 8.20. The molecule has 0 bridgehead atoms. The fraction of sp³-hybridized carbons (Fsp3) is 0.0833. The second-order valence-corrected chi connectivity index (χ2v) is 3.64.